The van der Waals surface area contributed by atoms with E-state index in [1.807, 2.05) is 0 Å². The van der Waals surface area contributed by atoms with E-state index in [2.05, 4.69) is 71.7 Å². The number of hydrogen-bond donors (Lipinski definition) is 8. The van der Waals surface area contributed by atoms with Gasteiger partial charge in [-0.15, -0.1) is 46.6 Å². The van der Waals surface area contributed by atoms with Crippen molar-refractivity contribution in [1.29, 1.82) is 0 Å². The van der Waals surface area contributed by atoms with Gasteiger partial charge in [-0.2, -0.15) is 0 Å². The lowest BCUT2D eigenvalue weighted by molar-refractivity contribution is 0.516. The first-order valence-electron chi connectivity index (χ1n) is 5.27. The predicted octanol–water partition coefficient (Wildman–Crippen LogP) is 3.88. The Balaban J connectivity index is 4.89. The number of thiol groups is 8. The smallest absolute Gasteiger partial charge is 0.00267 e. The quantitative estimate of drug-likeness (QED) is 0.223. The average molecular weight is 393 g/mol. The molecule has 0 rings (SSSR count). The minimum atomic E-state index is -0.157. The summed E-state index contributed by atoms with van der Waals surface area (Å²) in [4.78, 5) is 0. The maximum atomic E-state index is 4.67. The molecule has 0 aliphatic carbocycles. The highest BCUT2D eigenvalue weighted by Crippen LogP contribution is 2.50. The van der Waals surface area contributed by atoms with Crippen LogP contribution in [-0.4, -0.2) is 48.0 Å². The van der Waals surface area contributed by atoms with Crippen molar-refractivity contribution in [3.8, 4) is 0 Å². The molecule has 0 spiro atoms. The van der Waals surface area contributed by atoms with Crippen molar-refractivity contribution in [1.82, 2.24) is 0 Å². The average Bonchev–Trinajstić information content (AvgIpc) is 1.95. The van der Waals surface area contributed by atoms with Gasteiger partial charge in [0.05, 0.1) is 0 Å². The van der Waals surface area contributed by atoms with Crippen LogP contribution in [0.4, 0.5) is 0 Å². The standard InChI is InChI=1S/C9H28S8/c1-14(10)5-9(6-15(2)11,7-16(3)12)8-17(4)13/h10-17H,5-8H2,1-4H3. The van der Waals surface area contributed by atoms with Gasteiger partial charge in [0.25, 0.3) is 0 Å². The van der Waals surface area contributed by atoms with Crippen LogP contribution in [0.1, 0.15) is 0 Å². The molecule has 0 fully saturated rings. The molecule has 112 valence electrons. The van der Waals surface area contributed by atoms with Gasteiger partial charge >= 0.3 is 0 Å². The van der Waals surface area contributed by atoms with Gasteiger partial charge in [-0.05, 0) is 48.0 Å². The highest BCUT2D eigenvalue weighted by Gasteiger charge is 2.32. The van der Waals surface area contributed by atoms with Gasteiger partial charge in [-0.3, -0.25) is 0 Å². The van der Waals surface area contributed by atoms with Crippen LogP contribution in [0.2, 0.25) is 0 Å². The van der Waals surface area contributed by atoms with E-state index in [-0.39, 0.29) is 39.7 Å². The molecule has 4 unspecified atom stereocenters. The lowest BCUT2D eigenvalue weighted by atomic mass is 9.99. The normalized spacial score (nSPS) is 26.8. The summed E-state index contributed by atoms with van der Waals surface area (Å²) in [5.74, 6) is 4.94. The van der Waals surface area contributed by atoms with E-state index in [9.17, 15) is 0 Å². The molecule has 4 atom stereocenters. The summed E-state index contributed by atoms with van der Waals surface area (Å²) in [7, 11) is -0.626. The second-order valence-electron chi connectivity index (χ2n) is 4.76. The van der Waals surface area contributed by atoms with E-state index < -0.39 is 0 Å². The lowest BCUT2D eigenvalue weighted by Crippen LogP contribution is -2.35. The van der Waals surface area contributed by atoms with Crippen LogP contribution < -0.4 is 0 Å². The second kappa shape index (κ2) is 9.68. The van der Waals surface area contributed by atoms with Crippen molar-refractivity contribution >= 4 is 86.4 Å². The molecule has 0 aromatic rings. The zero-order chi connectivity index (χ0) is 13.6. The van der Waals surface area contributed by atoms with Crippen LogP contribution in [0.15, 0.2) is 0 Å². The van der Waals surface area contributed by atoms with Crippen LogP contribution >= 0.6 is 86.4 Å². The monoisotopic (exact) mass is 392 g/mol. The molecule has 0 radical (unpaired) electrons. The first kappa shape index (κ1) is 19.8. The summed E-state index contributed by atoms with van der Waals surface area (Å²) in [5, 5.41) is 0. The number of rotatable bonds is 8. The highest BCUT2D eigenvalue weighted by atomic mass is 33.1. The Labute approximate surface area is 138 Å². The summed E-state index contributed by atoms with van der Waals surface area (Å²) in [6.45, 7) is 0. The third kappa shape index (κ3) is 10.2. The summed E-state index contributed by atoms with van der Waals surface area (Å²) >= 11 is 18.7. The van der Waals surface area contributed by atoms with Crippen molar-refractivity contribution in [2.45, 2.75) is 0 Å². The summed E-state index contributed by atoms with van der Waals surface area (Å²) < 4.78 is 0. The third-order valence-corrected chi connectivity index (χ3v) is 8.47. The fourth-order valence-corrected chi connectivity index (χ4v) is 12.1. The summed E-state index contributed by atoms with van der Waals surface area (Å²) in [6.07, 6.45) is 9.04. The molecular formula is C9H28S8. The first-order chi connectivity index (χ1) is 7.67. The molecule has 0 heterocycles. The topological polar surface area (TPSA) is 0 Å². The van der Waals surface area contributed by atoms with Gasteiger partial charge in [0.15, 0.2) is 0 Å². The highest BCUT2D eigenvalue weighted by molar-refractivity contribution is 8.79. The second-order valence-corrected chi connectivity index (χ2v) is 19.5. The Hall–Kier alpha value is 2.80. The molecular weight excluding hydrogens is 365 g/mol. The molecule has 17 heavy (non-hydrogen) atoms. The molecule has 0 saturated heterocycles. The fraction of sp³-hybridized carbons (Fsp3) is 1.00. The van der Waals surface area contributed by atoms with E-state index in [4.69, 9.17) is 0 Å². The van der Waals surface area contributed by atoms with E-state index in [0.717, 1.165) is 0 Å². The van der Waals surface area contributed by atoms with Crippen LogP contribution in [0, 0.1) is 5.41 Å². The molecule has 0 amide bonds. The molecule has 0 aromatic heterocycles. The maximum absolute atomic E-state index is 4.67. The van der Waals surface area contributed by atoms with Gasteiger partial charge in [-0.25, -0.2) is 39.7 Å². The van der Waals surface area contributed by atoms with Crippen LogP contribution in [0.3, 0.4) is 0 Å². The summed E-state index contributed by atoms with van der Waals surface area (Å²) in [6, 6.07) is 0. The Kier molecular flexibility index (Phi) is 11.3. The molecule has 0 nitrogen and oxygen atoms in total. The molecule has 0 saturated carbocycles. The minimum absolute atomic E-state index is 0.157. The van der Waals surface area contributed by atoms with E-state index in [0.29, 0.717) is 5.41 Å². The maximum Gasteiger partial charge on any atom is 0.00267 e. The van der Waals surface area contributed by atoms with Crippen LogP contribution in [-0.2, 0) is 0 Å². The van der Waals surface area contributed by atoms with E-state index in [1.165, 1.54) is 23.0 Å². The van der Waals surface area contributed by atoms with Gasteiger partial charge in [-0.1, -0.05) is 0 Å². The lowest BCUT2D eigenvalue weighted by Gasteiger charge is -2.41. The Morgan fingerprint density at radius 2 is 0.765 bits per heavy atom. The van der Waals surface area contributed by atoms with Gasteiger partial charge in [0, 0.05) is 5.41 Å². The SMILES string of the molecule is C[SH](S)CC(C[SH](C)S)(C[SH](C)S)C[SH](C)S. The Bertz CT molecular complexity index is 158. The molecule has 0 aliphatic heterocycles. The predicted molar refractivity (Wildman–Crippen MR) is 117 cm³/mol. The number of hydrogen-bond acceptors (Lipinski definition) is 4. The minimum Gasteiger partial charge on any atom is -0.210 e. The van der Waals surface area contributed by atoms with Gasteiger partial charge in [0.2, 0.25) is 0 Å². The molecule has 0 N–H and O–H groups in total. The largest absolute Gasteiger partial charge is 0.210 e. The molecule has 0 aromatic carbocycles. The molecule has 8 heteroatoms. The summed E-state index contributed by atoms with van der Waals surface area (Å²) in [5.41, 5.74) is 0.398. The zero-order valence-corrected chi connectivity index (χ0v) is 18.1. The third-order valence-electron chi connectivity index (χ3n) is 2.26. The molecule has 0 aliphatic rings. The van der Waals surface area contributed by atoms with Crippen molar-refractivity contribution in [3.63, 3.8) is 0 Å². The van der Waals surface area contributed by atoms with Crippen LogP contribution in [0.5, 0.6) is 0 Å². The van der Waals surface area contributed by atoms with Gasteiger partial charge < -0.3 is 0 Å². The van der Waals surface area contributed by atoms with Crippen molar-refractivity contribution in [3.05, 3.63) is 0 Å². The first-order valence-corrected chi connectivity index (χ1v) is 17.8. The van der Waals surface area contributed by atoms with Crippen molar-refractivity contribution in [2.24, 2.45) is 5.41 Å². The van der Waals surface area contributed by atoms with Crippen molar-refractivity contribution < 1.29 is 0 Å². The van der Waals surface area contributed by atoms with Crippen LogP contribution in [0.25, 0.3) is 0 Å². The van der Waals surface area contributed by atoms with Crippen molar-refractivity contribution in [2.75, 3.05) is 48.0 Å². The molecule has 0 bridgehead atoms. The van der Waals surface area contributed by atoms with E-state index in [1.54, 1.807) is 0 Å². The van der Waals surface area contributed by atoms with E-state index >= 15 is 0 Å². The zero-order valence-electron chi connectivity index (χ0n) is 10.9. The fourth-order valence-electron chi connectivity index (χ4n) is 2.24. The Morgan fingerprint density at radius 1 is 0.588 bits per heavy atom. The van der Waals surface area contributed by atoms with Gasteiger partial charge in [0.1, 0.15) is 0 Å². The Morgan fingerprint density at radius 3 is 0.882 bits per heavy atom.